The first-order chi connectivity index (χ1) is 8.49. The lowest BCUT2D eigenvalue weighted by Crippen LogP contribution is -2.33. The largest absolute Gasteiger partial charge is 0.305 e. The smallest absolute Gasteiger partial charge is 0.261 e. The van der Waals surface area contributed by atoms with Crippen molar-refractivity contribution in [1.29, 1.82) is 0 Å². The van der Waals surface area contributed by atoms with Gasteiger partial charge in [0.2, 0.25) is 0 Å². The number of nitrogens with zero attached hydrogens (tertiary/aromatic N) is 3. The van der Waals surface area contributed by atoms with Gasteiger partial charge in [-0.15, -0.1) is 0 Å². The number of likely N-dealkylation sites (N-methyl/N-ethyl adjacent to an activating group) is 1. The third-order valence-electron chi connectivity index (χ3n) is 3.32. The van der Waals surface area contributed by atoms with Crippen LogP contribution < -0.4 is 5.56 Å². The molecule has 0 unspecified atom stereocenters. The second-order valence-electron chi connectivity index (χ2n) is 5.04. The SMILES string of the molecule is Cc1ccc2c(=O)n(C[C@@H](C)N(C)C)cnc2c1. The number of benzene rings is 1. The van der Waals surface area contributed by atoms with Crippen LogP contribution in [-0.4, -0.2) is 34.6 Å². The van der Waals surface area contributed by atoms with Crippen molar-refractivity contribution in [3.05, 3.63) is 40.4 Å². The van der Waals surface area contributed by atoms with Gasteiger partial charge in [0.15, 0.2) is 0 Å². The van der Waals surface area contributed by atoms with Gasteiger partial charge in [-0.25, -0.2) is 4.98 Å². The zero-order valence-corrected chi connectivity index (χ0v) is 11.3. The van der Waals surface area contributed by atoms with E-state index < -0.39 is 0 Å². The van der Waals surface area contributed by atoms with Crippen LogP contribution in [0.3, 0.4) is 0 Å². The highest BCUT2D eigenvalue weighted by atomic mass is 16.1. The zero-order chi connectivity index (χ0) is 13.3. The normalized spacial score (nSPS) is 13.2. The van der Waals surface area contributed by atoms with Crippen LogP contribution in [0.1, 0.15) is 12.5 Å². The van der Waals surface area contributed by atoms with Crippen LogP contribution in [0, 0.1) is 6.92 Å². The monoisotopic (exact) mass is 245 g/mol. The van der Waals surface area contributed by atoms with Crippen LogP contribution in [0.4, 0.5) is 0 Å². The molecule has 0 saturated carbocycles. The van der Waals surface area contributed by atoms with Crippen molar-refractivity contribution in [2.45, 2.75) is 26.4 Å². The summed E-state index contributed by atoms with van der Waals surface area (Å²) in [5, 5.41) is 0.689. The number of rotatable bonds is 3. The van der Waals surface area contributed by atoms with E-state index in [0.717, 1.165) is 11.1 Å². The van der Waals surface area contributed by atoms with Crippen molar-refractivity contribution in [2.75, 3.05) is 14.1 Å². The molecule has 1 aromatic heterocycles. The van der Waals surface area contributed by atoms with Crippen LogP contribution in [0.5, 0.6) is 0 Å². The van der Waals surface area contributed by atoms with E-state index in [9.17, 15) is 4.79 Å². The van der Waals surface area contributed by atoms with Crippen molar-refractivity contribution < 1.29 is 0 Å². The summed E-state index contributed by atoms with van der Waals surface area (Å²) in [6.45, 7) is 4.75. The molecule has 2 aromatic rings. The average Bonchev–Trinajstić information content (AvgIpc) is 2.32. The lowest BCUT2D eigenvalue weighted by Gasteiger charge is -2.20. The second kappa shape index (κ2) is 4.90. The van der Waals surface area contributed by atoms with Crippen molar-refractivity contribution in [3.63, 3.8) is 0 Å². The maximum absolute atomic E-state index is 12.3. The molecule has 0 aliphatic rings. The lowest BCUT2D eigenvalue weighted by atomic mass is 10.2. The van der Waals surface area contributed by atoms with Crippen LogP contribution in [0.2, 0.25) is 0 Å². The fourth-order valence-corrected chi connectivity index (χ4v) is 1.85. The molecule has 0 spiro atoms. The van der Waals surface area contributed by atoms with Gasteiger partial charge in [0.05, 0.1) is 17.2 Å². The van der Waals surface area contributed by atoms with E-state index in [1.54, 1.807) is 10.9 Å². The Kier molecular flexibility index (Phi) is 3.48. The number of hydrogen-bond donors (Lipinski definition) is 0. The summed E-state index contributed by atoms with van der Waals surface area (Å²) < 4.78 is 1.68. The summed E-state index contributed by atoms with van der Waals surface area (Å²) in [5.41, 5.74) is 1.93. The number of hydrogen-bond acceptors (Lipinski definition) is 3. The Balaban J connectivity index is 2.45. The molecule has 1 atom stereocenters. The molecule has 0 radical (unpaired) electrons. The first-order valence-electron chi connectivity index (χ1n) is 6.11. The molecule has 0 aliphatic carbocycles. The van der Waals surface area contributed by atoms with Gasteiger partial charge in [0, 0.05) is 12.6 Å². The van der Waals surface area contributed by atoms with E-state index >= 15 is 0 Å². The standard InChI is InChI=1S/C14H19N3O/c1-10-5-6-12-13(7-10)15-9-17(14(12)18)8-11(2)16(3)4/h5-7,9,11H,8H2,1-4H3/t11-/m1/s1. The second-order valence-corrected chi connectivity index (χ2v) is 5.04. The Labute approximate surface area is 107 Å². The van der Waals surface area contributed by atoms with Crippen LogP contribution in [0.25, 0.3) is 10.9 Å². The summed E-state index contributed by atoms with van der Waals surface area (Å²) in [6.07, 6.45) is 1.64. The Morgan fingerprint density at radius 2 is 2.11 bits per heavy atom. The van der Waals surface area contributed by atoms with Crippen molar-refractivity contribution in [2.24, 2.45) is 0 Å². The Morgan fingerprint density at radius 3 is 2.78 bits per heavy atom. The zero-order valence-electron chi connectivity index (χ0n) is 11.3. The summed E-state index contributed by atoms with van der Waals surface area (Å²) in [4.78, 5) is 18.8. The third-order valence-corrected chi connectivity index (χ3v) is 3.32. The minimum absolute atomic E-state index is 0.0358. The molecule has 4 heteroatoms. The van der Waals surface area contributed by atoms with Gasteiger partial charge in [0.25, 0.3) is 5.56 Å². The molecule has 1 heterocycles. The molecule has 18 heavy (non-hydrogen) atoms. The molecular formula is C14H19N3O. The predicted molar refractivity (Wildman–Crippen MR) is 73.9 cm³/mol. The van der Waals surface area contributed by atoms with Crippen LogP contribution in [-0.2, 0) is 6.54 Å². The van der Waals surface area contributed by atoms with Gasteiger partial charge in [-0.1, -0.05) is 6.07 Å². The third kappa shape index (κ3) is 2.43. The highest BCUT2D eigenvalue weighted by Crippen LogP contribution is 2.09. The maximum atomic E-state index is 12.3. The molecule has 0 aliphatic heterocycles. The fourth-order valence-electron chi connectivity index (χ4n) is 1.85. The molecule has 0 bridgehead atoms. The molecule has 2 rings (SSSR count). The first-order valence-corrected chi connectivity index (χ1v) is 6.11. The number of aryl methyl sites for hydroxylation is 1. The number of fused-ring (bicyclic) bond motifs is 1. The van der Waals surface area contributed by atoms with Crippen LogP contribution >= 0.6 is 0 Å². The average molecular weight is 245 g/mol. The first kappa shape index (κ1) is 12.8. The highest BCUT2D eigenvalue weighted by molar-refractivity contribution is 5.77. The van der Waals surface area contributed by atoms with E-state index in [2.05, 4.69) is 16.8 Å². The molecule has 0 fully saturated rings. The Morgan fingerprint density at radius 1 is 1.39 bits per heavy atom. The molecule has 4 nitrogen and oxygen atoms in total. The minimum atomic E-state index is 0.0358. The molecule has 96 valence electrons. The quantitative estimate of drug-likeness (QED) is 0.825. The summed E-state index contributed by atoms with van der Waals surface area (Å²) in [5.74, 6) is 0. The molecule has 0 N–H and O–H groups in total. The topological polar surface area (TPSA) is 38.1 Å². The molecule has 1 aromatic carbocycles. The summed E-state index contributed by atoms with van der Waals surface area (Å²) in [6, 6.07) is 6.05. The molecule has 0 amide bonds. The molecular weight excluding hydrogens is 226 g/mol. The van der Waals surface area contributed by atoms with E-state index in [1.165, 1.54) is 0 Å². The van der Waals surface area contributed by atoms with Gasteiger partial charge >= 0.3 is 0 Å². The van der Waals surface area contributed by atoms with E-state index in [4.69, 9.17) is 0 Å². The highest BCUT2D eigenvalue weighted by Gasteiger charge is 2.09. The van der Waals surface area contributed by atoms with Gasteiger partial charge < -0.3 is 4.90 Å². The summed E-state index contributed by atoms with van der Waals surface area (Å²) in [7, 11) is 4.01. The van der Waals surface area contributed by atoms with Crippen molar-refractivity contribution in [1.82, 2.24) is 14.5 Å². The lowest BCUT2D eigenvalue weighted by molar-refractivity contribution is 0.281. The van der Waals surface area contributed by atoms with E-state index in [0.29, 0.717) is 18.0 Å². The predicted octanol–water partition coefficient (Wildman–Crippen LogP) is 1.66. The van der Waals surface area contributed by atoms with Gasteiger partial charge in [0.1, 0.15) is 0 Å². The fraction of sp³-hybridized carbons (Fsp3) is 0.429. The van der Waals surface area contributed by atoms with Gasteiger partial charge in [-0.3, -0.25) is 9.36 Å². The van der Waals surface area contributed by atoms with E-state index in [-0.39, 0.29) is 5.56 Å². The van der Waals surface area contributed by atoms with Crippen molar-refractivity contribution in [3.8, 4) is 0 Å². The minimum Gasteiger partial charge on any atom is -0.305 e. The molecule has 0 saturated heterocycles. The van der Waals surface area contributed by atoms with Crippen LogP contribution in [0.15, 0.2) is 29.3 Å². The number of aromatic nitrogens is 2. The maximum Gasteiger partial charge on any atom is 0.261 e. The Bertz CT molecular complexity index is 616. The van der Waals surface area contributed by atoms with E-state index in [1.807, 2.05) is 39.2 Å². The summed E-state index contributed by atoms with van der Waals surface area (Å²) >= 11 is 0. The van der Waals surface area contributed by atoms with Crippen molar-refractivity contribution >= 4 is 10.9 Å². The van der Waals surface area contributed by atoms with Gasteiger partial charge in [-0.2, -0.15) is 0 Å². The Hall–Kier alpha value is -1.68. The van der Waals surface area contributed by atoms with Gasteiger partial charge in [-0.05, 0) is 45.6 Å².